The van der Waals surface area contributed by atoms with E-state index in [0.29, 0.717) is 22.6 Å². The molecule has 4 rings (SSSR count). The van der Waals surface area contributed by atoms with Crippen LogP contribution in [0, 0.1) is 0 Å². The minimum Gasteiger partial charge on any atom is -0.508 e. The standard InChI is InChI=1S/C14H12O2.2C6H6O/c15-13(11-7-3-1-4-8-11)14(16)12-9-5-2-6-10-12;2*7-6-4-2-1-3-5-6/h1-10,13,15H;2*1-5,7H. The molecule has 0 aliphatic carbocycles. The van der Waals surface area contributed by atoms with E-state index in [2.05, 4.69) is 0 Å². The molecule has 3 N–H and O–H groups in total. The van der Waals surface area contributed by atoms with Crippen molar-refractivity contribution >= 4 is 5.78 Å². The maximum Gasteiger partial charge on any atom is 0.195 e. The number of benzene rings is 4. The largest absolute Gasteiger partial charge is 0.508 e. The lowest BCUT2D eigenvalue weighted by molar-refractivity contribution is 0.0747. The summed E-state index contributed by atoms with van der Waals surface area (Å²) < 4.78 is 0. The van der Waals surface area contributed by atoms with Gasteiger partial charge in [0.05, 0.1) is 0 Å². The summed E-state index contributed by atoms with van der Waals surface area (Å²) in [6.45, 7) is 0. The Morgan fingerprint density at radius 1 is 0.533 bits per heavy atom. The SMILES string of the molecule is O=C(c1ccccc1)C(O)c1ccccc1.Oc1ccccc1.Oc1ccccc1. The number of ketones is 1. The third-order valence-corrected chi connectivity index (χ3v) is 3.93. The van der Waals surface area contributed by atoms with Gasteiger partial charge in [-0.15, -0.1) is 0 Å². The summed E-state index contributed by atoms with van der Waals surface area (Å²) in [5.41, 5.74) is 1.15. The van der Waals surface area contributed by atoms with E-state index in [9.17, 15) is 9.90 Å². The molecule has 4 aromatic carbocycles. The Labute approximate surface area is 176 Å². The summed E-state index contributed by atoms with van der Waals surface area (Å²) in [6.07, 6.45) is -1.08. The van der Waals surface area contributed by atoms with E-state index < -0.39 is 6.10 Å². The van der Waals surface area contributed by atoms with E-state index in [-0.39, 0.29) is 5.78 Å². The third kappa shape index (κ3) is 8.00. The van der Waals surface area contributed by atoms with Crippen molar-refractivity contribution in [2.24, 2.45) is 0 Å². The van der Waals surface area contributed by atoms with Crippen molar-refractivity contribution in [2.45, 2.75) is 6.10 Å². The van der Waals surface area contributed by atoms with Gasteiger partial charge in [-0.2, -0.15) is 0 Å². The molecule has 0 saturated heterocycles. The van der Waals surface area contributed by atoms with E-state index in [1.54, 1.807) is 97.1 Å². The van der Waals surface area contributed by atoms with Gasteiger partial charge in [0, 0.05) is 5.56 Å². The van der Waals surface area contributed by atoms with Crippen LogP contribution in [0.15, 0.2) is 121 Å². The Balaban J connectivity index is 0.000000188. The molecule has 0 amide bonds. The van der Waals surface area contributed by atoms with Crippen molar-refractivity contribution < 1.29 is 20.1 Å². The first-order chi connectivity index (χ1) is 14.6. The van der Waals surface area contributed by atoms with E-state index in [1.807, 2.05) is 24.3 Å². The van der Waals surface area contributed by atoms with Crippen LogP contribution in [0.3, 0.4) is 0 Å². The highest BCUT2D eigenvalue weighted by Crippen LogP contribution is 2.17. The fourth-order valence-electron chi connectivity index (χ4n) is 2.40. The highest BCUT2D eigenvalue weighted by molar-refractivity contribution is 5.99. The summed E-state index contributed by atoms with van der Waals surface area (Å²) in [6, 6.07) is 35.2. The fourth-order valence-corrected chi connectivity index (χ4v) is 2.40. The van der Waals surface area contributed by atoms with Crippen LogP contribution in [0.4, 0.5) is 0 Å². The van der Waals surface area contributed by atoms with Gasteiger partial charge in [0.2, 0.25) is 0 Å². The van der Waals surface area contributed by atoms with Crippen LogP contribution >= 0.6 is 0 Å². The maximum atomic E-state index is 11.9. The van der Waals surface area contributed by atoms with E-state index in [1.165, 1.54) is 0 Å². The molecule has 0 spiro atoms. The fraction of sp³-hybridized carbons (Fsp3) is 0.0385. The molecular formula is C26H24O4. The Bertz CT molecular complexity index is 935. The number of phenolic OH excluding ortho intramolecular Hbond substituents is 2. The predicted octanol–water partition coefficient (Wildman–Crippen LogP) is 5.39. The predicted molar refractivity (Wildman–Crippen MR) is 118 cm³/mol. The molecule has 4 nitrogen and oxygen atoms in total. The Hall–Kier alpha value is -3.89. The van der Waals surface area contributed by atoms with E-state index in [0.717, 1.165) is 0 Å². The quantitative estimate of drug-likeness (QED) is 0.403. The second-order valence-electron chi connectivity index (χ2n) is 6.21. The number of hydrogen-bond acceptors (Lipinski definition) is 4. The second-order valence-corrected chi connectivity index (χ2v) is 6.21. The monoisotopic (exact) mass is 400 g/mol. The summed E-state index contributed by atoms with van der Waals surface area (Å²) >= 11 is 0. The lowest BCUT2D eigenvalue weighted by Crippen LogP contribution is -2.11. The van der Waals surface area contributed by atoms with Gasteiger partial charge in [0.25, 0.3) is 0 Å². The number of carbonyl (C=O) groups excluding carboxylic acids is 1. The van der Waals surface area contributed by atoms with Gasteiger partial charge in [-0.25, -0.2) is 0 Å². The van der Waals surface area contributed by atoms with Crippen LogP contribution < -0.4 is 0 Å². The van der Waals surface area contributed by atoms with Crippen LogP contribution in [0.5, 0.6) is 11.5 Å². The summed E-state index contributed by atoms with van der Waals surface area (Å²) in [7, 11) is 0. The lowest BCUT2D eigenvalue weighted by Gasteiger charge is -2.09. The number of aliphatic hydroxyl groups is 1. The van der Waals surface area contributed by atoms with Crippen molar-refractivity contribution in [3.63, 3.8) is 0 Å². The first-order valence-corrected chi connectivity index (χ1v) is 9.38. The molecular weight excluding hydrogens is 376 g/mol. The maximum absolute atomic E-state index is 11.9. The summed E-state index contributed by atoms with van der Waals surface area (Å²) in [5, 5.41) is 27.2. The van der Waals surface area contributed by atoms with Crippen LogP contribution in [-0.4, -0.2) is 21.1 Å². The van der Waals surface area contributed by atoms with Crippen molar-refractivity contribution in [3.8, 4) is 11.5 Å². The molecule has 4 heteroatoms. The number of aliphatic hydroxyl groups excluding tert-OH is 1. The molecule has 0 saturated carbocycles. The molecule has 1 unspecified atom stereocenters. The number of aromatic hydroxyl groups is 2. The van der Waals surface area contributed by atoms with Crippen molar-refractivity contribution in [1.29, 1.82) is 0 Å². The normalized spacial score (nSPS) is 10.4. The molecule has 30 heavy (non-hydrogen) atoms. The van der Waals surface area contributed by atoms with Gasteiger partial charge in [-0.3, -0.25) is 4.79 Å². The molecule has 0 heterocycles. The second kappa shape index (κ2) is 12.5. The highest BCUT2D eigenvalue weighted by Gasteiger charge is 2.18. The average Bonchev–Trinajstić information content (AvgIpc) is 2.81. The zero-order chi connectivity index (χ0) is 21.6. The van der Waals surface area contributed by atoms with Gasteiger partial charge < -0.3 is 15.3 Å². The number of Topliss-reactive ketones (excluding diaryl/α,β-unsaturated/α-hetero) is 1. The van der Waals surface area contributed by atoms with Gasteiger partial charge in [0.15, 0.2) is 5.78 Å². The van der Waals surface area contributed by atoms with E-state index in [4.69, 9.17) is 10.2 Å². The smallest absolute Gasteiger partial charge is 0.195 e. The molecule has 1 atom stereocenters. The van der Waals surface area contributed by atoms with E-state index >= 15 is 0 Å². The first-order valence-electron chi connectivity index (χ1n) is 9.38. The Kier molecular flexibility index (Phi) is 9.37. The number of phenols is 2. The highest BCUT2D eigenvalue weighted by atomic mass is 16.3. The van der Waals surface area contributed by atoms with Crippen molar-refractivity contribution in [2.75, 3.05) is 0 Å². The van der Waals surface area contributed by atoms with Gasteiger partial charge >= 0.3 is 0 Å². The molecule has 0 aromatic heterocycles. The molecule has 0 aliphatic heterocycles. The summed E-state index contributed by atoms with van der Waals surface area (Å²) in [4.78, 5) is 11.9. The Morgan fingerprint density at radius 3 is 1.20 bits per heavy atom. The number of rotatable bonds is 3. The van der Waals surface area contributed by atoms with Crippen molar-refractivity contribution in [3.05, 3.63) is 132 Å². The van der Waals surface area contributed by atoms with Gasteiger partial charge in [0.1, 0.15) is 17.6 Å². The van der Waals surface area contributed by atoms with Crippen molar-refractivity contribution in [1.82, 2.24) is 0 Å². The zero-order valence-electron chi connectivity index (χ0n) is 16.4. The molecule has 152 valence electrons. The molecule has 0 aliphatic rings. The minimum absolute atomic E-state index is 0.271. The van der Waals surface area contributed by atoms with Crippen LogP contribution in [0.2, 0.25) is 0 Å². The van der Waals surface area contributed by atoms with Crippen LogP contribution in [0.25, 0.3) is 0 Å². The van der Waals surface area contributed by atoms with Gasteiger partial charge in [-0.1, -0.05) is 97.1 Å². The summed E-state index contributed by atoms with van der Waals surface area (Å²) in [5.74, 6) is 0.372. The molecule has 4 aromatic rings. The Morgan fingerprint density at radius 2 is 0.867 bits per heavy atom. The van der Waals surface area contributed by atoms with Crippen LogP contribution in [-0.2, 0) is 0 Å². The molecule has 0 bridgehead atoms. The lowest BCUT2D eigenvalue weighted by atomic mass is 10.0. The first kappa shape index (κ1) is 22.4. The molecule has 0 fully saturated rings. The zero-order valence-corrected chi connectivity index (χ0v) is 16.4. The minimum atomic E-state index is -1.08. The number of carbonyl (C=O) groups is 1. The van der Waals surface area contributed by atoms with Gasteiger partial charge in [-0.05, 0) is 29.8 Å². The average molecular weight is 400 g/mol. The molecule has 0 radical (unpaired) electrons. The third-order valence-electron chi connectivity index (χ3n) is 3.93. The van der Waals surface area contributed by atoms with Crippen LogP contribution in [0.1, 0.15) is 22.0 Å². The number of hydrogen-bond donors (Lipinski definition) is 3. The number of para-hydroxylation sites is 2. The topological polar surface area (TPSA) is 77.8 Å².